The highest BCUT2D eigenvalue weighted by Crippen LogP contribution is 2.27. The predicted octanol–water partition coefficient (Wildman–Crippen LogP) is 1.16. The Morgan fingerprint density at radius 2 is 1.95 bits per heavy atom. The number of carbonyl (C=O) groups is 1. The maximum Gasteiger partial charge on any atom is 0.328 e. The van der Waals surface area contributed by atoms with Crippen molar-refractivity contribution in [2.24, 2.45) is 0 Å². The molecule has 1 aliphatic rings. The zero-order valence-corrected chi connectivity index (χ0v) is 11.4. The number of carboxylic acids is 1. The highest BCUT2D eigenvalue weighted by Gasteiger charge is 2.24. The molecule has 1 aromatic rings. The lowest BCUT2D eigenvalue weighted by atomic mass is 10.1. The zero-order valence-electron chi connectivity index (χ0n) is 10.6. The first-order valence-corrected chi connectivity index (χ1v) is 7.86. The summed E-state index contributed by atoms with van der Waals surface area (Å²) >= 11 is 0. The Hall–Kier alpha value is -1.89. The zero-order chi connectivity index (χ0) is 14.8. The Bertz CT molecular complexity index is 640. The highest BCUT2D eigenvalue weighted by molar-refractivity contribution is 7.91. The first-order valence-electron chi connectivity index (χ1n) is 6.04. The smallest absolute Gasteiger partial charge is 0.328 e. The molecule has 108 valence electrons. The summed E-state index contributed by atoms with van der Waals surface area (Å²) in [5.41, 5.74) is 0.673. The standard InChI is InChI=1S/C13H14FNO4S/c14-11-3-1-2-10(4-5-12(16)17)13(11)15-6-8-20(18,19)9-7-15/h1-5H,6-9H2,(H,16,17)/b5-4+. The number of nitrogens with zero attached hydrogens (tertiary/aromatic N) is 1. The Morgan fingerprint density at radius 3 is 2.55 bits per heavy atom. The SMILES string of the molecule is O=C(O)/C=C/c1cccc(F)c1N1CCS(=O)(=O)CC1. The molecule has 1 aliphatic heterocycles. The van der Waals surface area contributed by atoms with Crippen molar-refractivity contribution in [3.8, 4) is 0 Å². The van der Waals surface area contributed by atoms with E-state index in [1.54, 1.807) is 11.0 Å². The second kappa shape index (κ2) is 5.62. The lowest BCUT2D eigenvalue weighted by molar-refractivity contribution is -0.131. The summed E-state index contributed by atoms with van der Waals surface area (Å²) in [6.45, 7) is 0.411. The van der Waals surface area contributed by atoms with Crippen molar-refractivity contribution in [3.63, 3.8) is 0 Å². The molecule has 0 atom stereocenters. The van der Waals surface area contributed by atoms with Gasteiger partial charge in [0.15, 0.2) is 9.84 Å². The van der Waals surface area contributed by atoms with Gasteiger partial charge in [0, 0.05) is 24.7 Å². The van der Waals surface area contributed by atoms with E-state index in [0.29, 0.717) is 5.56 Å². The fourth-order valence-corrected chi connectivity index (χ4v) is 3.30. The van der Waals surface area contributed by atoms with Gasteiger partial charge in [-0.15, -0.1) is 0 Å². The van der Waals surface area contributed by atoms with E-state index in [1.165, 1.54) is 18.2 Å². The molecule has 0 unspecified atom stereocenters. The maximum absolute atomic E-state index is 14.0. The Morgan fingerprint density at radius 1 is 1.30 bits per heavy atom. The number of hydrogen-bond donors (Lipinski definition) is 1. The third kappa shape index (κ3) is 3.36. The van der Waals surface area contributed by atoms with Crippen LogP contribution in [-0.4, -0.2) is 44.1 Å². The second-order valence-corrected chi connectivity index (χ2v) is 6.79. The maximum atomic E-state index is 14.0. The molecular formula is C13H14FNO4S. The van der Waals surface area contributed by atoms with E-state index < -0.39 is 21.6 Å². The Labute approximate surface area is 116 Å². The number of halogens is 1. The normalized spacial score (nSPS) is 18.4. The molecule has 0 aliphatic carbocycles. The van der Waals surface area contributed by atoms with E-state index in [2.05, 4.69) is 0 Å². The molecule has 1 saturated heterocycles. The van der Waals surface area contributed by atoms with Gasteiger partial charge in [-0.3, -0.25) is 0 Å². The first-order chi connectivity index (χ1) is 9.39. The Balaban J connectivity index is 2.33. The largest absolute Gasteiger partial charge is 0.478 e. The molecule has 1 N–H and O–H groups in total. The lowest BCUT2D eigenvalue weighted by Crippen LogP contribution is -2.41. The molecular weight excluding hydrogens is 285 g/mol. The number of hydrogen-bond acceptors (Lipinski definition) is 4. The van der Waals surface area contributed by atoms with Crippen LogP contribution < -0.4 is 4.90 Å². The third-order valence-electron chi connectivity index (χ3n) is 3.08. The van der Waals surface area contributed by atoms with Gasteiger partial charge in [0.1, 0.15) is 5.82 Å². The quantitative estimate of drug-likeness (QED) is 0.848. The van der Waals surface area contributed by atoms with Crippen molar-refractivity contribution in [2.75, 3.05) is 29.5 Å². The van der Waals surface area contributed by atoms with Gasteiger partial charge in [0.05, 0.1) is 17.2 Å². The van der Waals surface area contributed by atoms with Gasteiger partial charge < -0.3 is 10.0 Å². The minimum absolute atomic E-state index is 0.0244. The number of carboxylic acid groups (broad SMARTS) is 1. The number of rotatable bonds is 3. The minimum Gasteiger partial charge on any atom is -0.478 e. The van der Waals surface area contributed by atoms with Crippen molar-refractivity contribution in [2.45, 2.75) is 0 Å². The van der Waals surface area contributed by atoms with E-state index in [4.69, 9.17) is 5.11 Å². The summed E-state index contributed by atoms with van der Waals surface area (Å²) < 4.78 is 36.8. The molecule has 0 radical (unpaired) electrons. The molecule has 20 heavy (non-hydrogen) atoms. The summed E-state index contributed by atoms with van der Waals surface area (Å²) in [6, 6.07) is 4.36. The third-order valence-corrected chi connectivity index (χ3v) is 4.69. The molecule has 2 rings (SSSR count). The second-order valence-electron chi connectivity index (χ2n) is 4.49. The topological polar surface area (TPSA) is 74.7 Å². The number of sulfone groups is 1. The summed E-state index contributed by atoms with van der Waals surface area (Å²) in [4.78, 5) is 12.2. The molecule has 1 heterocycles. The Kier molecular flexibility index (Phi) is 4.08. The average molecular weight is 299 g/mol. The number of benzene rings is 1. The number of aliphatic carboxylic acids is 1. The average Bonchev–Trinajstić information content (AvgIpc) is 2.37. The van der Waals surface area contributed by atoms with Gasteiger partial charge in [-0.25, -0.2) is 17.6 Å². The molecule has 0 bridgehead atoms. The van der Waals surface area contributed by atoms with Crippen molar-refractivity contribution >= 4 is 27.6 Å². The van der Waals surface area contributed by atoms with E-state index >= 15 is 0 Å². The van der Waals surface area contributed by atoms with Crippen LogP contribution in [0.25, 0.3) is 6.08 Å². The van der Waals surface area contributed by atoms with Crippen LogP contribution in [0.2, 0.25) is 0 Å². The summed E-state index contributed by atoms with van der Waals surface area (Å²) in [6.07, 6.45) is 2.24. The van der Waals surface area contributed by atoms with Crippen LogP contribution in [0.3, 0.4) is 0 Å². The van der Waals surface area contributed by atoms with Gasteiger partial charge in [-0.2, -0.15) is 0 Å². The van der Waals surface area contributed by atoms with Crippen LogP contribution in [0.5, 0.6) is 0 Å². The van der Waals surface area contributed by atoms with Crippen LogP contribution >= 0.6 is 0 Å². The molecule has 1 aromatic carbocycles. The lowest BCUT2D eigenvalue weighted by Gasteiger charge is -2.30. The van der Waals surface area contributed by atoms with E-state index in [-0.39, 0.29) is 30.3 Å². The van der Waals surface area contributed by atoms with Gasteiger partial charge in [0.2, 0.25) is 0 Å². The van der Waals surface area contributed by atoms with Crippen LogP contribution in [0, 0.1) is 5.82 Å². The van der Waals surface area contributed by atoms with E-state index in [0.717, 1.165) is 6.08 Å². The summed E-state index contributed by atoms with van der Waals surface area (Å²) in [5.74, 6) is -1.66. The summed E-state index contributed by atoms with van der Waals surface area (Å²) in [7, 11) is -3.05. The summed E-state index contributed by atoms with van der Waals surface area (Å²) in [5, 5.41) is 8.64. The monoisotopic (exact) mass is 299 g/mol. The van der Waals surface area contributed by atoms with Gasteiger partial charge in [-0.05, 0) is 12.1 Å². The number of para-hydroxylation sites is 1. The minimum atomic E-state index is -3.05. The first kappa shape index (κ1) is 14.5. The molecule has 0 amide bonds. The molecule has 5 nitrogen and oxygen atoms in total. The van der Waals surface area contributed by atoms with Gasteiger partial charge >= 0.3 is 5.97 Å². The van der Waals surface area contributed by atoms with Crippen LogP contribution in [0.4, 0.5) is 10.1 Å². The molecule has 1 fully saturated rings. The predicted molar refractivity (Wildman–Crippen MR) is 73.9 cm³/mol. The van der Waals surface area contributed by atoms with E-state index in [9.17, 15) is 17.6 Å². The number of anilines is 1. The highest BCUT2D eigenvalue weighted by atomic mass is 32.2. The van der Waals surface area contributed by atoms with E-state index in [1.807, 2.05) is 0 Å². The van der Waals surface area contributed by atoms with Gasteiger partial charge in [0.25, 0.3) is 0 Å². The fourth-order valence-electron chi connectivity index (χ4n) is 2.10. The molecule has 0 aromatic heterocycles. The van der Waals surface area contributed by atoms with Crippen LogP contribution in [-0.2, 0) is 14.6 Å². The van der Waals surface area contributed by atoms with Crippen molar-refractivity contribution < 1.29 is 22.7 Å². The van der Waals surface area contributed by atoms with Crippen molar-refractivity contribution in [3.05, 3.63) is 35.7 Å². The molecule has 7 heteroatoms. The van der Waals surface area contributed by atoms with Crippen LogP contribution in [0.1, 0.15) is 5.56 Å². The van der Waals surface area contributed by atoms with Crippen molar-refractivity contribution in [1.29, 1.82) is 0 Å². The van der Waals surface area contributed by atoms with Crippen LogP contribution in [0.15, 0.2) is 24.3 Å². The van der Waals surface area contributed by atoms with Gasteiger partial charge in [-0.1, -0.05) is 12.1 Å². The molecule has 0 spiro atoms. The molecule has 0 saturated carbocycles. The fraction of sp³-hybridized carbons (Fsp3) is 0.308. The van der Waals surface area contributed by atoms with Crippen molar-refractivity contribution in [1.82, 2.24) is 0 Å².